The molecular formula is C9H16FN5S. The minimum absolute atomic E-state index is 0.187. The smallest absolute Gasteiger partial charge is 0.239 e. The number of thioether (sulfide) groups is 1. The van der Waals surface area contributed by atoms with E-state index in [2.05, 4.69) is 27.0 Å². The van der Waals surface area contributed by atoms with Crippen LogP contribution in [0.15, 0.2) is 6.20 Å². The third kappa shape index (κ3) is 4.19. The minimum Gasteiger partial charge on any atom is -0.367 e. The first-order valence-corrected chi connectivity index (χ1v) is 6.39. The number of nitrogens with zero attached hydrogens (tertiary/aromatic N) is 2. The van der Waals surface area contributed by atoms with Crippen molar-refractivity contribution >= 4 is 23.5 Å². The quantitative estimate of drug-likeness (QED) is 0.383. The van der Waals surface area contributed by atoms with Gasteiger partial charge in [-0.1, -0.05) is 0 Å². The first kappa shape index (κ1) is 13.0. The maximum atomic E-state index is 13.2. The fourth-order valence-corrected chi connectivity index (χ4v) is 1.63. The Morgan fingerprint density at radius 2 is 2.31 bits per heavy atom. The SMILES string of the molecule is CSCCCCNc1nc(NN)ncc1F. The molecule has 1 aromatic rings. The Morgan fingerprint density at radius 1 is 1.50 bits per heavy atom. The summed E-state index contributed by atoms with van der Waals surface area (Å²) in [6.07, 6.45) is 5.24. The highest BCUT2D eigenvalue weighted by Crippen LogP contribution is 2.11. The van der Waals surface area contributed by atoms with Gasteiger partial charge in [-0.2, -0.15) is 16.7 Å². The minimum atomic E-state index is -0.469. The van der Waals surface area contributed by atoms with E-state index in [0.29, 0.717) is 6.54 Å². The van der Waals surface area contributed by atoms with Gasteiger partial charge in [0.05, 0.1) is 6.20 Å². The molecule has 16 heavy (non-hydrogen) atoms. The number of anilines is 2. The van der Waals surface area contributed by atoms with E-state index in [9.17, 15) is 4.39 Å². The lowest BCUT2D eigenvalue weighted by atomic mass is 10.3. The van der Waals surface area contributed by atoms with Gasteiger partial charge in [-0.3, -0.25) is 5.43 Å². The fourth-order valence-electron chi connectivity index (χ4n) is 1.14. The van der Waals surface area contributed by atoms with Gasteiger partial charge in [-0.05, 0) is 24.9 Å². The first-order chi connectivity index (χ1) is 7.77. The largest absolute Gasteiger partial charge is 0.367 e. The van der Waals surface area contributed by atoms with Crippen molar-refractivity contribution in [1.82, 2.24) is 9.97 Å². The van der Waals surface area contributed by atoms with E-state index in [1.807, 2.05) is 0 Å². The molecule has 0 atom stereocenters. The Morgan fingerprint density at radius 3 is 3.00 bits per heavy atom. The molecule has 0 fully saturated rings. The number of nitrogens with one attached hydrogen (secondary N) is 2. The first-order valence-electron chi connectivity index (χ1n) is 5.00. The standard InChI is InChI=1S/C9H16FN5S/c1-16-5-3-2-4-12-8-7(10)6-13-9(14-8)15-11/h6H,2-5,11H2,1H3,(H2,12,13,14,15). The van der Waals surface area contributed by atoms with E-state index >= 15 is 0 Å². The summed E-state index contributed by atoms with van der Waals surface area (Å²) >= 11 is 1.80. The number of hydrogen-bond donors (Lipinski definition) is 3. The van der Waals surface area contributed by atoms with Crippen molar-refractivity contribution < 1.29 is 4.39 Å². The molecule has 0 aliphatic heterocycles. The molecule has 0 saturated heterocycles. The molecule has 0 aromatic carbocycles. The van der Waals surface area contributed by atoms with Crippen LogP contribution >= 0.6 is 11.8 Å². The van der Waals surface area contributed by atoms with E-state index in [4.69, 9.17) is 5.84 Å². The second kappa shape index (κ2) is 7.24. The van der Waals surface area contributed by atoms with Crippen molar-refractivity contribution in [2.24, 2.45) is 5.84 Å². The van der Waals surface area contributed by atoms with Crippen LogP contribution in [-0.4, -0.2) is 28.5 Å². The van der Waals surface area contributed by atoms with E-state index < -0.39 is 5.82 Å². The van der Waals surface area contributed by atoms with E-state index in [-0.39, 0.29) is 11.8 Å². The van der Waals surface area contributed by atoms with Gasteiger partial charge in [-0.25, -0.2) is 15.2 Å². The predicted molar refractivity (Wildman–Crippen MR) is 65.9 cm³/mol. The maximum Gasteiger partial charge on any atom is 0.239 e. The molecule has 0 radical (unpaired) electrons. The van der Waals surface area contributed by atoms with Gasteiger partial charge in [0.25, 0.3) is 0 Å². The molecule has 1 aromatic heterocycles. The molecule has 0 spiro atoms. The van der Waals surface area contributed by atoms with Gasteiger partial charge in [0.15, 0.2) is 11.6 Å². The predicted octanol–water partition coefficient (Wildman–Crippen LogP) is 1.46. The van der Waals surface area contributed by atoms with Crippen molar-refractivity contribution in [3.05, 3.63) is 12.0 Å². The van der Waals surface area contributed by atoms with Gasteiger partial charge in [0.1, 0.15) is 0 Å². The molecule has 90 valence electrons. The van der Waals surface area contributed by atoms with Gasteiger partial charge in [0.2, 0.25) is 5.95 Å². The monoisotopic (exact) mass is 245 g/mol. The van der Waals surface area contributed by atoms with Crippen molar-refractivity contribution in [1.29, 1.82) is 0 Å². The second-order valence-corrected chi connectivity index (χ2v) is 4.15. The summed E-state index contributed by atoms with van der Waals surface area (Å²) in [5, 5.41) is 2.92. The van der Waals surface area contributed by atoms with Crippen LogP contribution in [0, 0.1) is 5.82 Å². The molecule has 0 saturated carbocycles. The maximum absolute atomic E-state index is 13.2. The number of nitrogens with two attached hydrogens (primary N) is 1. The molecule has 1 heterocycles. The summed E-state index contributed by atoms with van der Waals surface area (Å²) in [7, 11) is 0. The average molecular weight is 245 g/mol. The lowest BCUT2D eigenvalue weighted by molar-refractivity contribution is 0.616. The zero-order valence-electron chi connectivity index (χ0n) is 9.16. The van der Waals surface area contributed by atoms with Crippen LogP contribution in [0.4, 0.5) is 16.2 Å². The summed E-state index contributed by atoms with van der Waals surface area (Å²) in [6.45, 7) is 0.693. The molecule has 0 bridgehead atoms. The Labute approximate surface area is 98.4 Å². The second-order valence-electron chi connectivity index (χ2n) is 3.16. The topological polar surface area (TPSA) is 75.9 Å². The molecule has 4 N–H and O–H groups in total. The van der Waals surface area contributed by atoms with Crippen LogP contribution in [-0.2, 0) is 0 Å². The molecule has 5 nitrogen and oxygen atoms in total. The molecule has 0 amide bonds. The number of nitrogen functional groups attached to an aromatic ring is 1. The van der Waals surface area contributed by atoms with Crippen LogP contribution in [0.25, 0.3) is 0 Å². The average Bonchev–Trinajstić information content (AvgIpc) is 2.31. The fraction of sp³-hybridized carbons (Fsp3) is 0.556. The van der Waals surface area contributed by atoms with Crippen molar-refractivity contribution in [2.75, 3.05) is 29.3 Å². The van der Waals surface area contributed by atoms with Crippen LogP contribution in [0.1, 0.15) is 12.8 Å². The van der Waals surface area contributed by atoms with Gasteiger partial charge < -0.3 is 5.32 Å². The number of hydrogen-bond acceptors (Lipinski definition) is 6. The molecule has 0 aliphatic carbocycles. The Kier molecular flexibility index (Phi) is 5.87. The number of aromatic nitrogens is 2. The van der Waals surface area contributed by atoms with Crippen molar-refractivity contribution in [3.63, 3.8) is 0 Å². The normalized spacial score (nSPS) is 10.2. The van der Waals surface area contributed by atoms with Crippen LogP contribution in [0.2, 0.25) is 0 Å². The summed E-state index contributed by atoms with van der Waals surface area (Å²) < 4.78 is 13.2. The lowest BCUT2D eigenvalue weighted by Gasteiger charge is -2.07. The summed E-state index contributed by atoms with van der Waals surface area (Å²) in [5.74, 6) is 6.17. The van der Waals surface area contributed by atoms with Crippen LogP contribution in [0.3, 0.4) is 0 Å². The number of rotatable bonds is 7. The third-order valence-corrected chi connectivity index (χ3v) is 2.64. The van der Waals surface area contributed by atoms with Gasteiger partial charge >= 0.3 is 0 Å². The van der Waals surface area contributed by atoms with Crippen LogP contribution < -0.4 is 16.6 Å². The van der Waals surface area contributed by atoms with Crippen molar-refractivity contribution in [2.45, 2.75) is 12.8 Å². The number of unbranched alkanes of at least 4 members (excludes halogenated alkanes) is 1. The zero-order chi connectivity index (χ0) is 11.8. The molecular weight excluding hydrogens is 229 g/mol. The van der Waals surface area contributed by atoms with E-state index in [1.165, 1.54) is 0 Å². The molecule has 7 heteroatoms. The van der Waals surface area contributed by atoms with Gasteiger partial charge in [0, 0.05) is 6.54 Å². The number of halogens is 1. The third-order valence-electron chi connectivity index (χ3n) is 1.94. The highest BCUT2D eigenvalue weighted by Gasteiger charge is 2.04. The zero-order valence-corrected chi connectivity index (χ0v) is 9.98. The summed E-state index contributed by atoms with van der Waals surface area (Å²) in [4.78, 5) is 7.52. The molecule has 0 aliphatic rings. The number of hydrazine groups is 1. The molecule has 1 rings (SSSR count). The Hall–Kier alpha value is -1.08. The highest BCUT2D eigenvalue weighted by molar-refractivity contribution is 7.98. The molecule has 0 unspecified atom stereocenters. The van der Waals surface area contributed by atoms with Crippen molar-refractivity contribution in [3.8, 4) is 0 Å². The summed E-state index contributed by atoms with van der Waals surface area (Å²) in [6, 6.07) is 0. The van der Waals surface area contributed by atoms with E-state index in [1.54, 1.807) is 11.8 Å². The summed E-state index contributed by atoms with van der Waals surface area (Å²) in [5.41, 5.74) is 2.27. The van der Waals surface area contributed by atoms with Gasteiger partial charge in [-0.15, -0.1) is 0 Å². The highest BCUT2D eigenvalue weighted by atomic mass is 32.2. The van der Waals surface area contributed by atoms with E-state index in [0.717, 1.165) is 24.8 Å². The van der Waals surface area contributed by atoms with Crippen LogP contribution in [0.5, 0.6) is 0 Å². The Bertz CT molecular complexity index is 323. The lowest BCUT2D eigenvalue weighted by Crippen LogP contribution is -2.13. The Balaban J connectivity index is 2.40.